The van der Waals surface area contributed by atoms with Gasteiger partial charge in [-0.3, -0.25) is 4.79 Å². The Morgan fingerprint density at radius 3 is 2.94 bits per heavy atom. The summed E-state index contributed by atoms with van der Waals surface area (Å²) >= 11 is 0. The van der Waals surface area contributed by atoms with Crippen molar-refractivity contribution in [2.75, 3.05) is 18.1 Å². The number of anilines is 1. The smallest absolute Gasteiger partial charge is 0.267 e. The largest absolute Gasteiger partial charge is 0.479 e. The zero-order valence-electron chi connectivity index (χ0n) is 9.43. The normalized spacial score (nSPS) is 19.3. The van der Waals surface area contributed by atoms with Crippen LogP contribution in [0, 0.1) is 6.92 Å². The van der Waals surface area contributed by atoms with Crippen molar-refractivity contribution in [2.24, 2.45) is 0 Å². The predicted octanol–water partition coefficient (Wildman–Crippen LogP) is 1.10. The van der Waals surface area contributed by atoms with Crippen LogP contribution in [-0.4, -0.2) is 30.3 Å². The van der Waals surface area contributed by atoms with E-state index in [2.05, 4.69) is 0 Å². The van der Waals surface area contributed by atoms with E-state index in [1.165, 1.54) is 0 Å². The number of carbonyl (C=O) groups is 1. The highest BCUT2D eigenvalue weighted by Crippen LogP contribution is 2.34. The number of rotatable bonds is 2. The number of aliphatic hydroxyl groups excluding tert-OH is 1. The van der Waals surface area contributed by atoms with Crippen molar-refractivity contribution < 1.29 is 14.6 Å². The monoisotopic (exact) mass is 221 g/mol. The molecule has 16 heavy (non-hydrogen) atoms. The molecule has 0 saturated carbocycles. The number of aryl methyl sites for hydroxylation is 1. The molecule has 2 rings (SSSR count). The molecule has 4 heteroatoms. The molecule has 1 unspecified atom stereocenters. The van der Waals surface area contributed by atoms with E-state index in [4.69, 9.17) is 9.84 Å². The fourth-order valence-electron chi connectivity index (χ4n) is 1.85. The van der Waals surface area contributed by atoms with E-state index in [0.717, 1.165) is 11.3 Å². The molecular weight excluding hydrogens is 206 g/mol. The molecule has 0 radical (unpaired) electrons. The van der Waals surface area contributed by atoms with Gasteiger partial charge in [-0.2, -0.15) is 0 Å². The third-order valence-corrected chi connectivity index (χ3v) is 2.65. The summed E-state index contributed by atoms with van der Waals surface area (Å²) in [5.41, 5.74) is 1.81. The van der Waals surface area contributed by atoms with Crippen molar-refractivity contribution in [2.45, 2.75) is 20.0 Å². The number of ether oxygens (including phenoxy) is 1. The lowest BCUT2D eigenvalue weighted by molar-refractivity contribution is -0.125. The molecular formula is C12H15NO3. The number of hydrogen-bond acceptors (Lipinski definition) is 3. The molecule has 1 aliphatic rings. The minimum absolute atomic E-state index is 0.0498. The topological polar surface area (TPSA) is 49.8 Å². The van der Waals surface area contributed by atoms with E-state index < -0.39 is 6.10 Å². The second-order valence-electron chi connectivity index (χ2n) is 3.94. The number of fused-ring (bicyclic) bond motifs is 1. The van der Waals surface area contributed by atoms with Gasteiger partial charge in [-0.25, -0.2) is 0 Å². The van der Waals surface area contributed by atoms with Crippen LogP contribution in [0.25, 0.3) is 0 Å². The molecule has 0 spiro atoms. The van der Waals surface area contributed by atoms with Gasteiger partial charge in [0.05, 0.1) is 12.3 Å². The third kappa shape index (κ3) is 1.76. The summed E-state index contributed by atoms with van der Waals surface area (Å²) in [5, 5.41) is 8.98. The van der Waals surface area contributed by atoms with Crippen LogP contribution in [0.1, 0.15) is 12.5 Å². The Bertz CT molecular complexity index is 417. The van der Waals surface area contributed by atoms with Crippen LogP contribution in [0.4, 0.5) is 5.69 Å². The second-order valence-corrected chi connectivity index (χ2v) is 3.94. The van der Waals surface area contributed by atoms with Crippen LogP contribution < -0.4 is 9.64 Å². The molecule has 86 valence electrons. The van der Waals surface area contributed by atoms with Crippen LogP contribution in [0.3, 0.4) is 0 Å². The van der Waals surface area contributed by atoms with Gasteiger partial charge < -0.3 is 14.7 Å². The van der Waals surface area contributed by atoms with Crippen LogP contribution in [0.2, 0.25) is 0 Å². The summed E-state index contributed by atoms with van der Waals surface area (Å²) in [4.78, 5) is 13.5. The van der Waals surface area contributed by atoms with Crippen molar-refractivity contribution in [3.05, 3.63) is 23.8 Å². The summed E-state index contributed by atoms with van der Waals surface area (Å²) < 4.78 is 5.50. The van der Waals surface area contributed by atoms with E-state index in [1.54, 1.807) is 11.8 Å². The molecule has 1 aromatic rings. The Balaban J connectivity index is 2.45. The summed E-state index contributed by atoms with van der Waals surface area (Å²) in [6.45, 7) is 3.93. The van der Waals surface area contributed by atoms with Gasteiger partial charge in [0.15, 0.2) is 6.10 Å². The highest BCUT2D eigenvalue weighted by atomic mass is 16.5. The lowest BCUT2D eigenvalue weighted by Crippen LogP contribution is -2.45. The van der Waals surface area contributed by atoms with Crippen molar-refractivity contribution >= 4 is 11.6 Å². The zero-order chi connectivity index (χ0) is 11.7. The Labute approximate surface area is 94.4 Å². The van der Waals surface area contributed by atoms with Gasteiger partial charge in [-0.05, 0) is 31.5 Å². The van der Waals surface area contributed by atoms with Gasteiger partial charge in [0.2, 0.25) is 0 Å². The highest BCUT2D eigenvalue weighted by molar-refractivity contribution is 5.99. The molecule has 1 heterocycles. The average Bonchev–Trinajstić information content (AvgIpc) is 2.26. The van der Waals surface area contributed by atoms with E-state index in [1.807, 2.05) is 25.1 Å². The van der Waals surface area contributed by atoms with Gasteiger partial charge in [0, 0.05) is 6.54 Å². The molecule has 1 amide bonds. The summed E-state index contributed by atoms with van der Waals surface area (Å²) in [7, 11) is 0. The van der Waals surface area contributed by atoms with Crippen molar-refractivity contribution in [3.8, 4) is 5.75 Å². The number of hydrogen-bond donors (Lipinski definition) is 1. The Kier molecular flexibility index (Phi) is 2.83. The zero-order valence-corrected chi connectivity index (χ0v) is 9.43. The molecule has 1 N–H and O–H groups in total. The summed E-state index contributed by atoms with van der Waals surface area (Å²) in [6, 6.07) is 5.70. The van der Waals surface area contributed by atoms with E-state index >= 15 is 0 Å². The van der Waals surface area contributed by atoms with Crippen molar-refractivity contribution in [1.29, 1.82) is 0 Å². The number of nitrogens with zero attached hydrogens (tertiary/aromatic N) is 1. The first-order valence-corrected chi connectivity index (χ1v) is 5.33. The first kappa shape index (κ1) is 11.0. The Morgan fingerprint density at radius 2 is 2.25 bits per heavy atom. The SMILES string of the molecule is Cc1ccc2c(c1)N(CCO)C(=O)C(C)O2. The van der Waals surface area contributed by atoms with Gasteiger partial charge in [0.25, 0.3) is 5.91 Å². The molecule has 0 fully saturated rings. The maximum absolute atomic E-state index is 11.9. The third-order valence-electron chi connectivity index (χ3n) is 2.65. The van der Waals surface area contributed by atoms with Crippen LogP contribution in [-0.2, 0) is 4.79 Å². The van der Waals surface area contributed by atoms with Crippen molar-refractivity contribution in [1.82, 2.24) is 0 Å². The van der Waals surface area contributed by atoms with Gasteiger partial charge >= 0.3 is 0 Å². The Morgan fingerprint density at radius 1 is 1.50 bits per heavy atom. The second kappa shape index (κ2) is 4.14. The standard InChI is InChI=1S/C12H15NO3/c1-8-3-4-11-10(7-8)13(5-6-14)12(15)9(2)16-11/h3-4,7,9,14H,5-6H2,1-2H3. The molecule has 1 atom stereocenters. The minimum Gasteiger partial charge on any atom is -0.479 e. The molecule has 1 aromatic carbocycles. The predicted molar refractivity (Wildman–Crippen MR) is 60.7 cm³/mol. The van der Waals surface area contributed by atoms with E-state index in [-0.39, 0.29) is 12.5 Å². The molecule has 0 saturated heterocycles. The molecule has 0 aromatic heterocycles. The number of carbonyl (C=O) groups excluding carboxylic acids is 1. The lowest BCUT2D eigenvalue weighted by atomic mass is 10.1. The molecule has 1 aliphatic heterocycles. The van der Waals surface area contributed by atoms with Gasteiger partial charge in [-0.1, -0.05) is 6.07 Å². The van der Waals surface area contributed by atoms with E-state index in [9.17, 15) is 4.79 Å². The van der Waals surface area contributed by atoms with Gasteiger partial charge in [0.1, 0.15) is 5.75 Å². The van der Waals surface area contributed by atoms with Crippen molar-refractivity contribution in [3.63, 3.8) is 0 Å². The van der Waals surface area contributed by atoms with Crippen LogP contribution in [0.5, 0.6) is 5.75 Å². The number of β-amino-alcohol motifs (C(OH)–C–C–N with tert-alkyl or cyclic N) is 1. The lowest BCUT2D eigenvalue weighted by Gasteiger charge is -2.32. The number of benzene rings is 1. The summed E-state index contributed by atoms with van der Waals surface area (Å²) in [6.07, 6.45) is -0.484. The van der Waals surface area contributed by atoms with Crippen LogP contribution >= 0.6 is 0 Å². The minimum atomic E-state index is -0.484. The first-order valence-electron chi connectivity index (χ1n) is 5.33. The van der Waals surface area contributed by atoms with E-state index in [0.29, 0.717) is 12.3 Å². The summed E-state index contributed by atoms with van der Waals surface area (Å²) in [5.74, 6) is 0.596. The van der Waals surface area contributed by atoms with Crippen LogP contribution in [0.15, 0.2) is 18.2 Å². The fraction of sp³-hybridized carbons (Fsp3) is 0.417. The molecule has 4 nitrogen and oxygen atoms in total. The number of amides is 1. The number of aliphatic hydroxyl groups is 1. The molecule has 0 bridgehead atoms. The van der Waals surface area contributed by atoms with Gasteiger partial charge in [-0.15, -0.1) is 0 Å². The Hall–Kier alpha value is -1.55. The molecule has 0 aliphatic carbocycles. The first-order chi connectivity index (χ1) is 7.63. The maximum atomic E-state index is 11.9. The highest BCUT2D eigenvalue weighted by Gasteiger charge is 2.30. The average molecular weight is 221 g/mol. The fourth-order valence-corrected chi connectivity index (χ4v) is 1.85. The maximum Gasteiger partial charge on any atom is 0.267 e. The quantitative estimate of drug-likeness (QED) is 0.813.